The van der Waals surface area contributed by atoms with Gasteiger partial charge >= 0.3 is 12.4 Å². The van der Waals surface area contributed by atoms with Crippen molar-refractivity contribution in [1.29, 1.82) is 0 Å². The van der Waals surface area contributed by atoms with Crippen LogP contribution in [0.3, 0.4) is 0 Å². The standard InChI is InChI=1S/C14H6ClF6/c15-11-6-2-5-10(12(11)14(19,20)21)8-3-1-4-9(7-8)13(16,17)18/h1-5,7H. The molecule has 111 valence electrons. The summed E-state index contributed by atoms with van der Waals surface area (Å²) in [5.41, 5.74) is -2.87. The average Bonchev–Trinajstić information content (AvgIpc) is 2.36. The van der Waals surface area contributed by atoms with Gasteiger partial charge in [0.1, 0.15) is 0 Å². The maximum Gasteiger partial charge on any atom is 0.418 e. The summed E-state index contributed by atoms with van der Waals surface area (Å²) in [6.45, 7) is 0. The van der Waals surface area contributed by atoms with E-state index in [9.17, 15) is 26.3 Å². The first-order valence-corrected chi connectivity index (χ1v) is 5.93. The topological polar surface area (TPSA) is 0 Å². The van der Waals surface area contributed by atoms with Crippen LogP contribution in [0.4, 0.5) is 26.3 Å². The number of rotatable bonds is 1. The van der Waals surface area contributed by atoms with Gasteiger partial charge in [-0.1, -0.05) is 35.9 Å². The summed E-state index contributed by atoms with van der Waals surface area (Å²) in [5, 5.41) is -0.683. The van der Waals surface area contributed by atoms with Crippen LogP contribution in [-0.2, 0) is 12.4 Å². The van der Waals surface area contributed by atoms with Crippen LogP contribution < -0.4 is 0 Å². The van der Waals surface area contributed by atoms with E-state index in [1.807, 2.05) is 0 Å². The molecule has 0 aliphatic carbocycles. The van der Waals surface area contributed by atoms with Crippen molar-refractivity contribution in [2.75, 3.05) is 0 Å². The molecule has 0 saturated carbocycles. The van der Waals surface area contributed by atoms with Crippen molar-refractivity contribution in [1.82, 2.24) is 0 Å². The number of alkyl halides is 6. The Kier molecular flexibility index (Phi) is 3.93. The molecule has 2 rings (SSSR count). The smallest absolute Gasteiger partial charge is 0.166 e. The van der Waals surface area contributed by atoms with Gasteiger partial charge in [-0.15, -0.1) is 0 Å². The number of hydrogen-bond donors (Lipinski definition) is 0. The zero-order chi connectivity index (χ0) is 15.8. The lowest BCUT2D eigenvalue weighted by Crippen LogP contribution is -2.09. The lowest BCUT2D eigenvalue weighted by atomic mass is 9.97. The van der Waals surface area contributed by atoms with E-state index in [1.165, 1.54) is 0 Å². The van der Waals surface area contributed by atoms with E-state index in [4.69, 9.17) is 11.6 Å². The fraction of sp³-hybridized carbons (Fsp3) is 0.143. The minimum Gasteiger partial charge on any atom is -0.166 e. The molecule has 0 bridgehead atoms. The van der Waals surface area contributed by atoms with Crippen molar-refractivity contribution < 1.29 is 26.3 Å². The maximum absolute atomic E-state index is 13.0. The third kappa shape index (κ3) is 3.32. The third-order valence-corrected chi connectivity index (χ3v) is 3.03. The van der Waals surface area contributed by atoms with Gasteiger partial charge in [-0.05, 0) is 23.3 Å². The minimum absolute atomic E-state index is 0.215. The Morgan fingerprint density at radius 1 is 0.905 bits per heavy atom. The van der Waals surface area contributed by atoms with Crippen LogP contribution in [0.5, 0.6) is 0 Å². The Balaban J connectivity index is 2.66. The van der Waals surface area contributed by atoms with Crippen molar-refractivity contribution in [2.45, 2.75) is 12.4 Å². The van der Waals surface area contributed by atoms with Crippen LogP contribution >= 0.6 is 11.6 Å². The predicted octanol–water partition coefficient (Wildman–Crippen LogP) is 5.84. The summed E-state index contributed by atoms with van der Waals surface area (Å²) in [7, 11) is 0. The van der Waals surface area contributed by atoms with Gasteiger partial charge in [-0.3, -0.25) is 0 Å². The van der Waals surface area contributed by atoms with E-state index in [0.717, 1.165) is 30.3 Å². The predicted molar refractivity (Wildman–Crippen MR) is 65.7 cm³/mol. The Morgan fingerprint density at radius 3 is 2.14 bits per heavy atom. The van der Waals surface area contributed by atoms with E-state index in [1.54, 1.807) is 0 Å². The van der Waals surface area contributed by atoms with Gasteiger partial charge in [0.15, 0.2) is 0 Å². The maximum atomic E-state index is 13.0. The van der Waals surface area contributed by atoms with Crippen LogP contribution in [0.25, 0.3) is 11.1 Å². The fourth-order valence-corrected chi connectivity index (χ4v) is 2.12. The van der Waals surface area contributed by atoms with Crippen LogP contribution in [0, 0.1) is 6.07 Å². The molecule has 7 heteroatoms. The van der Waals surface area contributed by atoms with Crippen molar-refractivity contribution in [3.05, 3.63) is 58.6 Å². The summed E-state index contributed by atoms with van der Waals surface area (Å²) in [6, 6.07) is 7.99. The van der Waals surface area contributed by atoms with Gasteiger partial charge in [0, 0.05) is 6.07 Å². The Hall–Kier alpha value is -1.69. The van der Waals surface area contributed by atoms with Gasteiger partial charge in [0.25, 0.3) is 0 Å². The summed E-state index contributed by atoms with van der Waals surface area (Å²) in [6.07, 6.45) is -9.43. The highest BCUT2D eigenvalue weighted by molar-refractivity contribution is 6.31. The molecule has 0 amide bonds. The van der Waals surface area contributed by atoms with E-state index < -0.39 is 34.1 Å². The highest BCUT2D eigenvalue weighted by Crippen LogP contribution is 2.42. The van der Waals surface area contributed by atoms with E-state index in [-0.39, 0.29) is 5.56 Å². The zero-order valence-electron chi connectivity index (χ0n) is 10.1. The SMILES string of the molecule is FC(F)(F)c1cccc(-c2cc[c]c(Cl)c2C(F)(F)F)c1. The molecule has 0 spiro atoms. The average molecular weight is 324 g/mol. The Labute approximate surface area is 121 Å². The first kappa shape index (κ1) is 15.7. The van der Waals surface area contributed by atoms with Crippen molar-refractivity contribution in [3.63, 3.8) is 0 Å². The summed E-state index contributed by atoms with van der Waals surface area (Å²) in [4.78, 5) is 0. The van der Waals surface area contributed by atoms with Gasteiger partial charge in [0.2, 0.25) is 0 Å². The molecule has 0 saturated heterocycles. The molecular formula is C14H6ClF6. The van der Waals surface area contributed by atoms with Crippen molar-refractivity contribution >= 4 is 11.6 Å². The fourth-order valence-electron chi connectivity index (χ4n) is 1.85. The molecule has 0 atom stereocenters. The molecule has 0 aliphatic rings. The highest BCUT2D eigenvalue weighted by atomic mass is 35.5. The second-order valence-electron chi connectivity index (χ2n) is 4.16. The lowest BCUT2D eigenvalue weighted by molar-refractivity contribution is -0.137. The largest absolute Gasteiger partial charge is 0.418 e. The third-order valence-electron chi connectivity index (χ3n) is 2.73. The molecule has 1 radical (unpaired) electrons. The van der Waals surface area contributed by atoms with E-state index in [2.05, 4.69) is 6.07 Å². The normalized spacial score (nSPS) is 12.5. The van der Waals surface area contributed by atoms with Crippen LogP contribution in [0.15, 0.2) is 36.4 Å². The highest BCUT2D eigenvalue weighted by Gasteiger charge is 2.37. The van der Waals surface area contributed by atoms with Gasteiger partial charge in [-0.25, -0.2) is 0 Å². The molecule has 21 heavy (non-hydrogen) atoms. The van der Waals surface area contributed by atoms with Crippen molar-refractivity contribution in [3.8, 4) is 11.1 Å². The van der Waals surface area contributed by atoms with Crippen molar-refractivity contribution in [2.24, 2.45) is 0 Å². The number of benzene rings is 2. The number of hydrogen-bond acceptors (Lipinski definition) is 0. The summed E-state index contributed by atoms with van der Waals surface area (Å²) >= 11 is 5.50. The van der Waals surface area contributed by atoms with Crippen LogP contribution in [-0.4, -0.2) is 0 Å². The molecule has 0 nitrogen and oxygen atoms in total. The van der Waals surface area contributed by atoms with Crippen LogP contribution in [0.1, 0.15) is 11.1 Å². The van der Waals surface area contributed by atoms with Gasteiger partial charge in [-0.2, -0.15) is 26.3 Å². The molecule has 2 aromatic carbocycles. The quantitative estimate of drug-likeness (QED) is 0.578. The van der Waals surface area contributed by atoms with Gasteiger partial charge in [0.05, 0.1) is 16.1 Å². The molecule has 0 N–H and O–H groups in total. The first-order valence-electron chi connectivity index (χ1n) is 5.55. The second kappa shape index (κ2) is 5.26. The Morgan fingerprint density at radius 2 is 1.57 bits per heavy atom. The number of halogens is 7. The molecule has 0 aliphatic heterocycles. The lowest BCUT2D eigenvalue weighted by Gasteiger charge is -2.15. The molecule has 2 aromatic rings. The minimum atomic E-state index is -4.79. The van der Waals surface area contributed by atoms with E-state index in [0.29, 0.717) is 6.07 Å². The molecular weight excluding hydrogens is 318 g/mol. The summed E-state index contributed by atoms with van der Waals surface area (Å²) < 4.78 is 76.9. The molecule has 0 unspecified atom stereocenters. The molecule has 0 aromatic heterocycles. The van der Waals surface area contributed by atoms with E-state index >= 15 is 0 Å². The van der Waals surface area contributed by atoms with Crippen LogP contribution in [0.2, 0.25) is 5.02 Å². The monoisotopic (exact) mass is 323 g/mol. The molecule has 0 heterocycles. The Bertz CT molecular complexity index is 657. The summed E-state index contributed by atoms with van der Waals surface area (Å²) in [5.74, 6) is 0. The van der Waals surface area contributed by atoms with Gasteiger partial charge < -0.3 is 0 Å². The second-order valence-corrected chi connectivity index (χ2v) is 4.53. The zero-order valence-corrected chi connectivity index (χ0v) is 10.9. The molecule has 0 fully saturated rings. The first-order chi connectivity index (χ1) is 9.60.